The monoisotopic (exact) mass is 334 g/mol. The Morgan fingerprint density at radius 3 is 2.56 bits per heavy atom. The van der Waals surface area contributed by atoms with Gasteiger partial charge in [-0.1, -0.05) is 30.3 Å². The van der Waals surface area contributed by atoms with Gasteiger partial charge in [0.25, 0.3) is 0 Å². The van der Waals surface area contributed by atoms with E-state index in [1.807, 2.05) is 68.7 Å². The van der Waals surface area contributed by atoms with Crippen molar-refractivity contribution < 1.29 is 9.53 Å². The van der Waals surface area contributed by atoms with E-state index in [1.54, 1.807) is 6.20 Å². The summed E-state index contributed by atoms with van der Waals surface area (Å²) < 4.78 is 7.44. The molecule has 0 saturated heterocycles. The van der Waals surface area contributed by atoms with Gasteiger partial charge in [-0.25, -0.2) is 0 Å². The number of esters is 1. The summed E-state index contributed by atoms with van der Waals surface area (Å²) in [5.41, 5.74) is 5.06. The summed E-state index contributed by atoms with van der Waals surface area (Å²) >= 11 is 0. The smallest absolute Gasteiger partial charge is 0.317 e. The van der Waals surface area contributed by atoms with Crippen LogP contribution in [0.15, 0.2) is 61.1 Å². The van der Waals surface area contributed by atoms with Gasteiger partial charge in [-0.3, -0.25) is 9.78 Å². The van der Waals surface area contributed by atoms with Gasteiger partial charge in [-0.15, -0.1) is 0 Å². The van der Waals surface area contributed by atoms with Crippen molar-refractivity contribution >= 4 is 5.97 Å². The van der Waals surface area contributed by atoms with Gasteiger partial charge in [0.15, 0.2) is 0 Å². The van der Waals surface area contributed by atoms with E-state index in [0.29, 0.717) is 6.61 Å². The lowest BCUT2D eigenvalue weighted by Gasteiger charge is -2.16. The summed E-state index contributed by atoms with van der Waals surface area (Å²) in [6.07, 6.45) is 5.59. The van der Waals surface area contributed by atoms with Gasteiger partial charge in [-0.2, -0.15) is 0 Å². The van der Waals surface area contributed by atoms with Crippen molar-refractivity contribution in [2.24, 2.45) is 0 Å². The summed E-state index contributed by atoms with van der Waals surface area (Å²) in [7, 11) is 0. The average molecular weight is 334 g/mol. The van der Waals surface area contributed by atoms with Crippen molar-refractivity contribution in [3.8, 4) is 5.69 Å². The molecular formula is C21H22N2O2. The van der Waals surface area contributed by atoms with E-state index in [-0.39, 0.29) is 5.97 Å². The topological polar surface area (TPSA) is 44.1 Å². The standard InChI is InChI=1S/C21H22N2O2/c1-4-25-21(24)20(17-9-6-5-7-10-17)19-14-23(16(3)15(19)2)18-11-8-12-22-13-18/h5-14,20H,4H2,1-3H3. The molecule has 4 nitrogen and oxygen atoms in total. The van der Waals surface area contributed by atoms with Crippen molar-refractivity contribution in [3.63, 3.8) is 0 Å². The number of pyridine rings is 1. The van der Waals surface area contributed by atoms with Gasteiger partial charge in [-0.05, 0) is 49.6 Å². The number of benzene rings is 1. The molecule has 128 valence electrons. The highest BCUT2D eigenvalue weighted by atomic mass is 16.5. The second-order valence-corrected chi connectivity index (χ2v) is 5.97. The number of hydrogen-bond acceptors (Lipinski definition) is 3. The summed E-state index contributed by atoms with van der Waals surface area (Å²) in [5.74, 6) is -0.655. The third-order valence-corrected chi connectivity index (χ3v) is 4.50. The van der Waals surface area contributed by atoms with Crippen LogP contribution >= 0.6 is 0 Å². The average Bonchev–Trinajstić information content (AvgIpc) is 2.93. The van der Waals surface area contributed by atoms with Gasteiger partial charge >= 0.3 is 5.97 Å². The predicted molar refractivity (Wildman–Crippen MR) is 98.0 cm³/mol. The first-order valence-electron chi connectivity index (χ1n) is 8.44. The molecule has 1 atom stereocenters. The molecule has 0 aliphatic heterocycles. The van der Waals surface area contributed by atoms with E-state index in [4.69, 9.17) is 4.74 Å². The van der Waals surface area contributed by atoms with Crippen LogP contribution in [0.4, 0.5) is 0 Å². The molecule has 3 rings (SSSR count). The van der Waals surface area contributed by atoms with Gasteiger partial charge in [0, 0.05) is 18.1 Å². The van der Waals surface area contributed by atoms with Crippen LogP contribution in [0.25, 0.3) is 5.69 Å². The molecule has 1 unspecified atom stereocenters. The first-order valence-corrected chi connectivity index (χ1v) is 8.44. The van der Waals surface area contributed by atoms with Crippen LogP contribution in [-0.4, -0.2) is 22.1 Å². The first-order chi connectivity index (χ1) is 12.1. The Labute approximate surface area is 148 Å². The highest BCUT2D eigenvalue weighted by Crippen LogP contribution is 2.32. The fourth-order valence-electron chi connectivity index (χ4n) is 3.09. The number of carbonyl (C=O) groups excluding carboxylic acids is 1. The molecule has 0 aliphatic rings. The van der Waals surface area contributed by atoms with Crippen LogP contribution in [0.3, 0.4) is 0 Å². The Balaban J connectivity index is 2.12. The zero-order chi connectivity index (χ0) is 17.8. The molecule has 4 heteroatoms. The van der Waals surface area contributed by atoms with E-state index < -0.39 is 5.92 Å². The molecule has 1 aromatic carbocycles. The van der Waals surface area contributed by atoms with Crippen molar-refractivity contribution in [2.45, 2.75) is 26.7 Å². The van der Waals surface area contributed by atoms with E-state index >= 15 is 0 Å². The molecule has 0 amide bonds. The molecule has 0 aliphatic carbocycles. The normalized spacial score (nSPS) is 12.0. The molecule has 0 saturated carbocycles. The van der Waals surface area contributed by atoms with Crippen LogP contribution in [0.5, 0.6) is 0 Å². The largest absolute Gasteiger partial charge is 0.465 e. The molecule has 25 heavy (non-hydrogen) atoms. The first kappa shape index (κ1) is 17.0. The maximum absolute atomic E-state index is 12.7. The Morgan fingerprint density at radius 1 is 1.16 bits per heavy atom. The molecule has 0 fully saturated rings. The second kappa shape index (κ2) is 7.34. The number of rotatable bonds is 5. The lowest BCUT2D eigenvalue weighted by Crippen LogP contribution is -2.17. The van der Waals surface area contributed by atoms with Crippen LogP contribution < -0.4 is 0 Å². The minimum absolute atomic E-state index is 0.222. The zero-order valence-corrected chi connectivity index (χ0v) is 14.8. The number of aromatic nitrogens is 2. The van der Waals surface area contributed by atoms with Gasteiger partial charge < -0.3 is 9.30 Å². The Hall–Kier alpha value is -2.88. The van der Waals surface area contributed by atoms with Crippen molar-refractivity contribution in [1.82, 2.24) is 9.55 Å². The van der Waals surface area contributed by atoms with E-state index in [1.165, 1.54) is 0 Å². The van der Waals surface area contributed by atoms with Crippen LogP contribution in [0.1, 0.15) is 35.2 Å². The molecule has 0 N–H and O–H groups in total. The molecule has 0 bridgehead atoms. The maximum Gasteiger partial charge on any atom is 0.317 e. The predicted octanol–water partition coefficient (Wildman–Crippen LogP) is 4.18. The third-order valence-electron chi connectivity index (χ3n) is 4.50. The molecule has 2 aromatic heterocycles. The van der Waals surface area contributed by atoms with Crippen LogP contribution in [0.2, 0.25) is 0 Å². The fraction of sp³-hybridized carbons (Fsp3) is 0.238. The van der Waals surface area contributed by atoms with E-state index in [0.717, 1.165) is 28.1 Å². The minimum atomic E-state index is -0.433. The van der Waals surface area contributed by atoms with Crippen molar-refractivity contribution in [2.75, 3.05) is 6.61 Å². The second-order valence-electron chi connectivity index (χ2n) is 5.97. The SMILES string of the molecule is CCOC(=O)C(c1ccccc1)c1cn(-c2cccnc2)c(C)c1C. The van der Waals surface area contributed by atoms with Crippen LogP contribution in [-0.2, 0) is 9.53 Å². The van der Waals surface area contributed by atoms with Gasteiger partial charge in [0.2, 0.25) is 0 Å². The Bertz CT molecular complexity index is 854. The van der Waals surface area contributed by atoms with Gasteiger partial charge in [0.05, 0.1) is 18.5 Å². The van der Waals surface area contributed by atoms with Crippen molar-refractivity contribution in [1.29, 1.82) is 0 Å². The molecule has 0 spiro atoms. The highest BCUT2D eigenvalue weighted by Gasteiger charge is 2.28. The summed E-state index contributed by atoms with van der Waals surface area (Å²) in [6, 6.07) is 13.7. The molecule has 2 heterocycles. The molecule has 0 radical (unpaired) electrons. The van der Waals surface area contributed by atoms with Crippen molar-refractivity contribution in [3.05, 3.63) is 83.4 Å². The number of ether oxygens (including phenoxy) is 1. The number of nitrogens with zero attached hydrogens (tertiary/aromatic N) is 2. The fourth-order valence-corrected chi connectivity index (χ4v) is 3.09. The molecule has 3 aromatic rings. The lowest BCUT2D eigenvalue weighted by atomic mass is 9.90. The highest BCUT2D eigenvalue weighted by molar-refractivity contribution is 5.83. The van der Waals surface area contributed by atoms with E-state index in [2.05, 4.69) is 16.5 Å². The maximum atomic E-state index is 12.7. The van der Waals surface area contributed by atoms with E-state index in [9.17, 15) is 4.79 Å². The number of carbonyl (C=O) groups is 1. The summed E-state index contributed by atoms with van der Waals surface area (Å²) in [4.78, 5) is 16.9. The summed E-state index contributed by atoms with van der Waals surface area (Å²) in [6.45, 7) is 6.30. The number of hydrogen-bond donors (Lipinski definition) is 0. The summed E-state index contributed by atoms with van der Waals surface area (Å²) in [5, 5.41) is 0. The Morgan fingerprint density at radius 2 is 1.92 bits per heavy atom. The van der Waals surface area contributed by atoms with Gasteiger partial charge in [0.1, 0.15) is 5.92 Å². The third kappa shape index (κ3) is 3.33. The minimum Gasteiger partial charge on any atom is -0.465 e. The van der Waals surface area contributed by atoms with Crippen LogP contribution in [0, 0.1) is 13.8 Å². The Kier molecular flexibility index (Phi) is 4.98. The molecular weight excluding hydrogens is 312 g/mol. The quantitative estimate of drug-likeness (QED) is 0.657. The lowest BCUT2D eigenvalue weighted by molar-refractivity contribution is -0.143. The zero-order valence-electron chi connectivity index (χ0n) is 14.8.